The molecule has 1 aromatic carbocycles. The molecule has 0 unspecified atom stereocenters. The molecule has 0 bridgehead atoms. The van der Waals surface area contributed by atoms with E-state index in [-0.39, 0.29) is 39.3 Å². The molecule has 0 radical (unpaired) electrons. The number of benzene rings is 1. The molecule has 56 heavy (non-hydrogen) atoms. The SMILES string of the molecule is CC(=O)NCC(=O)N(CCNC(=O)OC(C)(C)C)CC(=O)O.CC(=O)Oc1c(F)c(F)c(F)c(F)c1F.CC(C)(C)OC(=O)NCCN(CC(=O)O)C(=O)CN. The van der Waals surface area contributed by atoms with Gasteiger partial charge in [0.25, 0.3) is 0 Å². The second kappa shape index (κ2) is 24.6. The second-order valence-electron chi connectivity index (χ2n) is 12.9. The van der Waals surface area contributed by atoms with Crippen molar-refractivity contribution in [3.63, 3.8) is 0 Å². The summed E-state index contributed by atoms with van der Waals surface area (Å²) in [6, 6.07) is 0. The highest BCUT2D eigenvalue weighted by Crippen LogP contribution is 2.29. The maximum absolute atomic E-state index is 12.8. The normalized spacial score (nSPS) is 10.5. The molecule has 1 rings (SSSR count). The average Bonchev–Trinajstić information content (AvgIpc) is 3.04. The highest BCUT2D eigenvalue weighted by Gasteiger charge is 2.28. The Labute approximate surface area is 317 Å². The molecule has 7 N–H and O–H groups in total. The molecule has 19 nitrogen and oxygen atoms in total. The fraction of sp³-hybridized carbons (Fsp3) is 0.562. The van der Waals surface area contributed by atoms with Crippen LogP contribution in [-0.2, 0) is 38.2 Å². The zero-order chi connectivity index (χ0) is 44.1. The molecule has 0 spiro atoms. The largest absolute Gasteiger partial charge is 0.480 e. The number of hydrogen-bond donors (Lipinski definition) is 6. The first-order valence-corrected chi connectivity index (χ1v) is 16.1. The van der Waals surface area contributed by atoms with Crippen molar-refractivity contribution >= 4 is 47.8 Å². The van der Waals surface area contributed by atoms with Crippen molar-refractivity contribution in [3.05, 3.63) is 29.1 Å². The standard InChI is InChI=1S/C13H23N3O6.C11H21N3O5.C8H3F5O2/c1-9(17)15-7-10(18)16(8-11(19)20)6-5-14-12(21)22-13(2,3)4;1-11(2,3)19-10(18)13-4-5-14(7-9(16)17)8(15)6-12;1-2(14)15-8-6(12)4(10)3(9)5(11)7(8)13/h5-8H2,1-4H3,(H,14,21)(H,15,17)(H,19,20);4-7,12H2,1-3H3,(H,13,18)(H,16,17);1H3. The quantitative estimate of drug-likeness (QED) is 0.0507. The van der Waals surface area contributed by atoms with E-state index >= 15 is 0 Å². The Balaban J connectivity index is 0. The van der Waals surface area contributed by atoms with Crippen LogP contribution in [0.2, 0.25) is 0 Å². The summed E-state index contributed by atoms with van der Waals surface area (Å²) in [6.45, 7) is 10.9. The van der Waals surface area contributed by atoms with E-state index in [1.54, 1.807) is 41.5 Å². The molecular weight excluding hydrogens is 771 g/mol. The summed E-state index contributed by atoms with van der Waals surface area (Å²) >= 11 is 0. The van der Waals surface area contributed by atoms with E-state index in [1.807, 2.05) is 0 Å². The van der Waals surface area contributed by atoms with Crippen molar-refractivity contribution in [1.29, 1.82) is 0 Å². The van der Waals surface area contributed by atoms with Crippen molar-refractivity contribution in [2.24, 2.45) is 5.73 Å². The van der Waals surface area contributed by atoms with Crippen molar-refractivity contribution < 1.29 is 84.7 Å². The highest BCUT2D eigenvalue weighted by molar-refractivity contribution is 5.86. The van der Waals surface area contributed by atoms with Crippen molar-refractivity contribution in [2.75, 3.05) is 52.4 Å². The number of alkyl carbamates (subject to hydrolysis) is 2. The van der Waals surface area contributed by atoms with Crippen molar-refractivity contribution in [2.45, 2.75) is 66.6 Å². The number of ether oxygens (including phenoxy) is 3. The molecule has 0 fully saturated rings. The number of nitrogens with two attached hydrogens (primary N) is 1. The molecule has 0 aliphatic heterocycles. The summed E-state index contributed by atoms with van der Waals surface area (Å²) in [7, 11) is 0. The van der Waals surface area contributed by atoms with Crippen LogP contribution in [0.25, 0.3) is 0 Å². The summed E-state index contributed by atoms with van der Waals surface area (Å²) in [5, 5.41) is 24.6. The van der Waals surface area contributed by atoms with Crippen LogP contribution >= 0.6 is 0 Å². The lowest BCUT2D eigenvalue weighted by atomic mass is 10.2. The van der Waals surface area contributed by atoms with Gasteiger partial charge in [-0.3, -0.25) is 28.8 Å². The van der Waals surface area contributed by atoms with Gasteiger partial charge < -0.3 is 55.9 Å². The van der Waals surface area contributed by atoms with Crippen LogP contribution in [-0.4, -0.2) is 131 Å². The summed E-state index contributed by atoms with van der Waals surface area (Å²) in [6.07, 6.45) is -1.28. The molecule has 0 saturated heterocycles. The Morgan fingerprint density at radius 3 is 1.29 bits per heavy atom. The predicted octanol–water partition coefficient (Wildman–Crippen LogP) is 1.25. The van der Waals surface area contributed by atoms with E-state index in [1.165, 1.54) is 6.92 Å². The van der Waals surface area contributed by atoms with Crippen LogP contribution in [0.1, 0.15) is 55.4 Å². The number of aliphatic carboxylic acids is 2. The van der Waals surface area contributed by atoms with Crippen LogP contribution in [0.4, 0.5) is 31.5 Å². The van der Waals surface area contributed by atoms with Gasteiger partial charge in [0.05, 0.1) is 13.1 Å². The number of hydrogen-bond acceptors (Lipinski definition) is 12. The Morgan fingerprint density at radius 1 is 0.625 bits per heavy atom. The van der Waals surface area contributed by atoms with Crippen LogP contribution in [0.5, 0.6) is 5.75 Å². The second-order valence-corrected chi connectivity index (χ2v) is 12.9. The summed E-state index contributed by atoms with van der Waals surface area (Å²) < 4.78 is 76.9. The molecule has 0 aliphatic carbocycles. The molecule has 0 heterocycles. The minimum Gasteiger partial charge on any atom is -0.480 e. The third-order valence-corrected chi connectivity index (χ3v) is 5.54. The summed E-state index contributed by atoms with van der Waals surface area (Å²) in [5.41, 5.74) is 3.91. The van der Waals surface area contributed by atoms with E-state index in [9.17, 15) is 60.3 Å². The minimum atomic E-state index is -2.30. The van der Waals surface area contributed by atoms with Gasteiger partial charge in [0.2, 0.25) is 52.6 Å². The number of carboxylic acids is 2. The van der Waals surface area contributed by atoms with E-state index in [4.69, 9.17) is 25.4 Å². The van der Waals surface area contributed by atoms with Gasteiger partial charge in [0, 0.05) is 40.0 Å². The van der Waals surface area contributed by atoms with Crippen LogP contribution < -0.4 is 26.4 Å². The third-order valence-electron chi connectivity index (χ3n) is 5.54. The van der Waals surface area contributed by atoms with Crippen molar-refractivity contribution in [3.8, 4) is 5.75 Å². The lowest BCUT2D eigenvalue weighted by Crippen LogP contribution is -2.46. The number of nitrogens with zero attached hydrogens (tertiary/aromatic N) is 2. The van der Waals surface area contributed by atoms with E-state index < -0.39 is 107 Å². The first-order chi connectivity index (χ1) is 25.5. The maximum Gasteiger partial charge on any atom is 0.407 e. The molecule has 0 aromatic heterocycles. The molecule has 0 aliphatic rings. The van der Waals surface area contributed by atoms with Crippen LogP contribution in [0.3, 0.4) is 0 Å². The molecule has 24 heteroatoms. The average molecular weight is 819 g/mol. The molecule has 318 valence electrons. The van der Waals surface area contributed by atoms with Gasteiger partial charge in [0.1, 0.15) is 24.3 Å². The first kappa shape index (κ1) is 52.3. The molecule has 0 atom stereocenters. The number of rotatable bonds is 14. The number of amides is 5. The third kappa shape index (κ3) is 23.8. The Morgan fingerprint density at radius 2 is 0.982 bits per heavy atom. The van der Waals surface area contributed by atoms with E-state index in [2.05, 4.69) is 20.7 Å². The Hall–Kier alpha value is -5.81. The minimum absolute atomic E-state index is 0.00996. The summed E-state index contributed by atoms with van der Waals surface area (Å²) in [5.74, 6) is -17.5. The molecule has 5 amide bonds. The monoisotopic (exact) mass is 818 g/mol. The maximum atomic E-state index is 12.8. The van der Waals surface area contributed by atoms with Crippen LogP contribution in [0.15, 0.2) is 0 Å². The van der Waals surface area contributed by atoms with Crippen LogP contribution in [0, 0.1) is 29.1 Å². The zero-order valence-corrected chi connectivity index (χ0v) is 31.9. The van der Waals surface area contributed by atoms with Gasteiger partial charge in [0.15, 0.2) is 0 Å². The first-order valence-electron chi connectivity index (χ1n) is 16.1. The number of carbonyl (C=O) groups excluding carboxylic acids is 6. The highest BCUT2D eigenvalue weighted by atomic mass is 19.2. The Bertz CT molecular complexity index is 1540. The number of carboxylic acid groups (broad SMARTS) is 2. The topological polar surface area (TPSA) is 273 Å². The van der Waals surface area contributed by atoms with Gasteiger partial charge in [-0.05, 0) is 41.5 Å². The lowest BCUT2D eigenvalue weighted by Gasteiger charge is -2.22. The number of esters is 1. The van der Waals surface area contributed by atoms with Crippen molar-refractivity contribution in [1.82, 2.24) is 25.8 Å². The van der Waals surface area contributed by atoms with Gasteiger partial charge in [-0.2, -0.15) is 8.78 Å². The fourth-order valence-corrected chi connectivity index (χ4v) is 3.38. The van der Waals surface area contributed by atoms with E-state index in [0.717, 1.165) is 16.7 Å². The lowest BCUT2D eigenvalue weighted by molar-refractivity contribution is -0.144. The van der Waals surface area contributed by atoms with Gasteiger partial charge >= 0.3 is 30.1 Å². The zero-order valence-electron chi connectivity index (χ0n) is 31.9. The molecular formula is C32H47F5N6O13. The van der Waals surface area contributed by atoms with Gasteiger partial charge in [-0.1, -0.05) is 0 Å². The van der Waals surface area contributed by atoms with Gasteiger partial charge in [-0.25, -0.2) is 22.8 Å². The number of carbonyl (C=O) groups is 8. The Kier molecular flexibility index (Phi) is 22.9. The molecule has 1 aromatic rings. The molecule has 0 saturated carbocycles. The van der Waals surface area contributed by atoms with Gasteiger partial charge in [-0.15, -0.1) is 0 Å². The predicted molar refractivity (Wildman–Crippen MR) is 182 cm³/mol. The fourth-order valence-electron chi connectivity index (χ4n) is 3.38. The van der Waals surface area contributed by atoms with E-state index in [0.29, 0.717) is 0 Å². The number of halogens is 5. The summed E-state index contributed by atoms with van der Waals surface area (Å²) in [4.78, 5) is 90.4. The number of nitrogens with one attached hydrogen (secondary N) is 3. The smallest absolute Gasteiger partial charge is 0.407 e.